The van der Waals surface area contributed by atoms with Crippen molar-refractivity contribution >= 4 is 23.4 Å². The molecule has 1 aliphatic rings. The molecule has 1 aliphatic heterocycles. The zero-order valence-electron chi connectivity index (χ0n) is 18.5. The largest absolute Gasteiger partial charge is 0.573 e. The molecule has 3 heterocycles. The van der Waals surface area contributed by atoms with Crippen LogP contribution in [0.15, 0.2) is 36.8 Å². The van der Waals surface area contributed by atoms with E-state index < -0.39 is 30.1 Å². The molecule has 13 heteroatoms. The minimum Gasteiger partial charge on any atom is -0.397 e. The van der Waals surface area contributed by atoms with Crippen LogP contribution in [0.3, 0.4) is 0 Å². The fourth-order valence-corrected chi connectivity index (χ4v) is 3.44. The van der Waals surface area contributed by atoms with Gasteiger partial charge in [0.25, 0.3) is 0 Å². The SMILES string of the molecule is COCC(NC(=O)N1CC(=O)Nc2cc(-c3cnn(C)c3)cnc21)c1c#cc(OC(F)(F)F)cc1. The summed E-state index contributed by atoms with van der Waals surface area (Å²) in [5.74, 6) is -0.760. The van der Waals surface area contributed by atoms with Crippen molar-refractivity contribution in [3.8, 4) is 16.9 Å². The van der Waals surface area contributed by atoms with Gasteiger partial charge >= 0.3 is 12.4 Å². The number of alkyl halides is 3. The zero-order valence-corrected chi connectivity index (χ0v) is 18.5. The van der Waals surface area contributed by atoms with E-state index in [1.807, 2.05) is 0 Å². The standard InChI is InChI=1S/C22H19F3N6O4/c1-30-10-15(9-27-30)14-7-17-20(26-8-14)31(11-19(32)28-17)21(33)29-18(12-34-2)13-3-5-16(6-4-13)35-22(23,24)25/h3,5,7-10,18H,11-12H2,1-2H3,(H,28,32)(H,29,33). The molecule has 0 bridgehead atoms. The Morgan fingerprint density at radius 2 is 2.09 bits per heavy atom. The second-order valence-corrected chi connectivity index (χ2v) is 7.54. The predicted molar refractivity (Wildman–Crippen MR) is 116 cm³/mol. The number of ether oxygens (including phenoxy) is 2. The summed E-state index contributed by atoms with van der Waals surface area (Å²) in [6, 6.07) is 7.39. The predicted octanol–water partition coefficient (Wildman–Crippen LogP) is 2.84. The lowest BCUT2D eigenvalue weighted by Gasteiger charge is -2.30. The third kappa shape index (κ3) is 5.61. The van der Waals surface area contributed by atoms with Crippen LogP contribution in [-0.4, -0.2) is 53.3 Å². The number of nitrogens with zero attached hydrogens (tertiary/aromatic N) is 4. The van der Waals surface area contributed by atoms with Crippen LogP contribution in [0.2, 0.25) is 0 Å². The first kappa shape index (κ1) is 23.8. The summed E-state index contributed by atoms with van der Waals surface area (Å²) in [5.41, 5.74) is 2.12. The molecular weight excluding hydrogens is 469 g/mol. The first-order valence-electron chi connectivity index (χ1n) is 10.2. The number of nitrogens with one attached hydrogen (secondary N) is 2. The number of halogens is 3. The quantitative estimate of drug-likeness (QED) is 0.552. The fourth-order valence-electron chi connectivity index (χ4n) is 3.44. The molecule has 0 aliphatic carbocycles. The maximum Gasteiger partial charge on any atom is 0.573 e. The maximum atomic E-state index is 13.1. The van der Waals surface area contributed by atoms with Crippen molar-refractivity contribution in [3.05, 3.63) is 54.5 Å². The molecule has 0 radical (unpaired) electrons. The lowest BCUT2D eigenvalue weighted by Crippen LogP contribution is -2.49. The van der Waals surface area contributed by atoms with Crippen LogP contribution in [0.4, 0.5) is 29.5 Å². The van der Waals surface area contributed by atoms with Gasteiger partial charge in [-0.3, -0.25) is 14.4 Å². The van der Waals surface area contributed by atoms with Crippen LogP contribution in [-0.2, 0) is 16.6 Å². The van der Waals surface area contributed by atoms with E-state index in [9.17, 15) is 22.8 Å². The second kappa shape index (κ2) is 9.51. The van der Waals surface area contributed by atoms with Crippen LogP contribution >= 0.6 is 0 Å². The summed E-state index contributed by atoms with van der Waals surface area (Å²) >= 11 is 0. The Bertz CT molecular complexity index is 1230. The van der Waals surface area contributed by atoms with Gasteiger partial charge in [-0.05, 0) is 24.3 Å². The van der Waals surface area contributed by atoms with Crippen molar-refractivity contribution in [2.45, 2.75) is 12.4 Å². The molecule has 3 amide bonds. The molecule has 10 nitrogen and oxygen atoms in total. The molecule has 0 saturated carbocycles. The van der Waals surface area contributed by atoms with Gasteiger partial charge in [-0.2, -0.15) is 5.10 Å². The van der Waals surface area contributed by atoms with E-state index in [0.717, 1.165) is 16.5 Å². The number of hydrogen-bond donors (Lipinski definition) is 2. The number of methoxy groups -OCH3 is 1. The Morgan fingerprint density at radius 1 is 1.29 bits per heavy atom. The number of aryl methyl sites for hydroxylation is 1. The summed E-state index contributed by atoms with van der Waals surface area (Å²) in [6.07, 6.45) is 0.124. The monoisotopic (exact) mass is 488 g/mol. The average molecular weight is 488 g/mol. The smallest absolute Gasteiger partial charge is 0.397 e. The Morgan fingerprint density at radius 3 is 2.71 bits per heavy atom. The Labute approximate surface area is 197 Å². The highest BCUT2D eigenvalue weighted by Crippen LogP contribution is 2.32. The fraction of sp³-hybridized carbons (Fsp3) is 0.273. The summed E-state index contributed by atoms with van der Waals surface area (Å²) in [4.78, 5) is 30.9. The van der Waals surface area contributed by atoms with Crippen molar-refractivity contribution < 1.29 is 32.2 Å². The number of aromatic nitrogens is 3. The minimum absolute atomic E-state index is 0.0180. The van der Waals surface area contributed by atoms with Crippen molar-refractivity contribution in [2.24, 2.45) is 7.05 Å². The van der Waals surface area contributed by atoms with E-state index >= 15 is 0 Å². The topological polar surface area (TPSA) is 111 Å². The number of amides is 3. The summed E-state index contributed by atoms with van der Waals surface area (Å²) < 4.78 is 47.7. The van der Waals surface area contributed by atoms with Crippen molar-refractivity contribution in [3.63, 3.8) is 0 Å². The number of carbonyl (C=O) groups excluding carboxylic acids is 2. The van der Waals surface area contributed by atoms with Crippen molar-refractivity contribution in [1.82, 2.24) is 20.1 Å². The normalized spacial score (nSPS) is 14.0. The molecule has 182 valence electrons. The molecule has 0 fully saturated rings. The second-order valence-electron chi connectivity index (χ2n) is 7.54. The number of anilines is 2. The van der Waals surface area contributed by atoms with E-state index in [1.165, 1.54) is 13.2 Å². The van der Waals surface area contributed by atoms with Gasteiger partial charge in [0.05, 0.1) is 24.5 Å². The highest BCUT2D eigenvalue weighted by molar-refractivity contribution is 6.09. The van der Waals surface area contributed by atoms with Crippen molar-refractivity contribution in [2.75, 3.05) is 30.5 Å². The van der Waals surface area contributed by atoms with Gasteiger partial charge in [0.15, 0.2) is 11.6 Å². The molecule has 4 rings (SSSR count). The molecule has 1 unspecified atom stereocenters. The Balaban J connectivity index is 1.54. The molecule has 2 N–H and O–H groups in total. The van der Waals surface area contributed by atoms with E-state index in [0.29, 0.717) is 16.8 Å². The molecular formula is C22H19F3N6O4. The van der Waals surface area contributed by atoms with Gasteiger partial charge in [0.1, 0.15) is 6.54 Å². The Hall–Kier alpha value is -4.31. The number of fused-ring (bicyclic) bond motifs is 1. The molecule has 0 spiro atoms. The maximum absolute atomic E-state index is 13.1. The van der Waals surface area contributed by atoms with Gasteiger partial charge < -0.3 is 20.1 Å². The first-order chi connectivity index (χ1) is 16.6. The van der Waals surface area contributed by atoms with Crippen molar-refractivity contribution in [1.29, 1.82) is 0 Å². The van der Waals surface area contributed by atoms with Gasteiger partial charge in [-0.1, -0.05) is 6.07 Å². The van der Waals surface area contributed by atoms with Crippen LogP contribution in [0.25, 0.3) is 11.1 Å². The number of urea groups is 1. The lowest BCUT2D eigenvalue weighted by molar-refractivity contribution is -0.274. The number of rotatable bonds is 6. The van der Waals surface area contributed by atoms with Gasteiger partial charge in [0, 0.05) is 43.2 Å². The highest BCUT2D eigenvalue weighted by Gasteiger charge is 2.32. The van der Waals surface area contributed by atoms with Crippen LogP contribution in [0, 0.1) is 12.1 Å². The minimum atomic E-state index is -4.86. The molecule has 3 aromatic rings. The van der Waals surface area contributed by atoms with Gasteiger partial charge in [-0.15, -0.1) is 13.2 Å². The molecule has 1 atom stereocenters. The third-order valence-electron chi connectivity index (χ3n) is 4.96. The average Bonchev–Trinajstić information content (AvgIpc) is 3.23. The number of pyridine rings is 1. The summed E-state index contributed by atoms with van der Waals surface area (Å²) in [5, 5.41) is 9.51. The molecule has 35 heavy (non-hydrogen) atoms. The van der Waals surface area contributed by atoms with E-state index in [-0.39, 0.29) is 19.0 Å². The van der Waals surface area contributed by atoms with E-state index in [2.05, 4.69) is 37.6 Å². The number of hydrogen-bond acceptors (Lipinski definition) is 6. The van der Waals surface area contributed by atoms with Crippen LogP contribution in [0.5, 0.6) is 5.75 Å². The molecule has 2 aromatic heterocycles. The van der Waals surface area contributed by atoms with Crippen LogP contribution < -0.4 is 20.3 Å². The number of carbonyl (C=O) groups is 2. The summed E-state index contributed by atoms with van der Waals surface area (Å²) in [6.45, 7) is -0.304. The first-order valence-corrected chi connectivity index (χ1v) is 10.2. The lowest BCUT2D eigenvalue weighted by atomic mass is 10.1. The van der Waals surface area contributed by atoms with E-state index in [4.69, 9.17) is 4.74 Å². The van der Waals surface area contributed by atoms with E-state index in [1.54, 1.807) is 36.4 Å². The van der Waals surface area contributed by atoms with Crippen LogP contribution in [0.1, 0.15) is 11.6 Å². The van der Waals surface area contributed by atoms with Gasteiger partial charge in [-0.25, -0.2) is 9.78 Å². The molecule has 0 saturated heterocycles. The third-order valence-corrected chi connectivity index (χ3v) is 4.96. The Kier molecular flexibility index (Phi) is 6.48. The highest BCUT2D eigenvalue weighted by atomic mass is 19.4. The summed E-state index contributed by atoms with van der Waals surface area (Å²) in [7, 11) is 3.17. The molecule has 1 aromatic carbocycles. The van der Waals surface area contributed by atoms with Gasteiger partial charge in [0.2, 0.25) is 5.91 Å². The zero-order chi connectivity index (χ0) is 25.2.